The first kappa shape index (κ1) is 47.5. The molecular weight excluding hydrogens is 861 g/mol. The molecule has 0 bridgehead atoms. The van der Waals surface area contributed by atoms with Crippen molar-refractivity contribution in [2.75, 3.05) is 88.3 Å². The summed E-state index contributed by atoms with van der Waals surface area (Å²) in [6, 6.07) is 6.47. The van der Waals surface area contributed by atoms with E-state index in [4.69, 9.17) is 5.26 Å². The van der Waals surface area contributed by atoms with E-state index in [1.54, 1.807) is 22.7 Å². The van der Waals surface area contributed by atoms with E-state index in [2.05, 4.69) is 110 Å². The van der Waals surface area contributed by atoms with Crippen molar-refractivity contribution in [3.05, 3.63) is 79.2 Å². The fourth-order valence-corrected chi connectivity index (χ4v) is 11.8. The van der Waals surface area contributed by atoms with Crippen molar-refractivity contribution >= 4 is 69.2 Å². The molecule has 0 N–H and O–H groups in total. The number of quaternary nitrogens is 1. The van der Waals surface area contributed by atoms with Crippen molar-refractivity contribution in [3.63, 3.8) is 0 Å². The summed E-state index contributed by atoms with van der Waals surface area (Å²) in [6.07, 6.45) is 13.6. The molecule has 0 aromatic carbocycles. The predicted octanol–water partition coefficient (Wildman–Crippen LogP) is 8.66. The number of anilines is 2. The second-order valence-electron chi connectivity index (χ2n) is 19.1. The van der Waals surface area contributed by atoms with E-state index >= 15 is 0 Å². The maximum Gasteiger partial charge on any atom is 0.225 e. The van der Waals surface area contributed by atoms with E-state index in [1.165, 1.54) is 64.3 Å². The van der Waals surface area contributed by atoms with Gasteiger partial charge in [0.05, 0.1) is 65.0 Å². The van der Waals surface area contributed by atoms with Crippen LogP contribution in [0.4, 0.5) is 11.4 Å². The fourth-order valence-electron chi connectivity index (χ4n) is 10.5. The molecule has 4 aromatic heterocycles. The number of carbonyl (C=O) groups is 2. The van der Waals surface area contributed by atoms with E-state index in [0.717, 1.165) is 130 Å². The Morgan fingerprint density at radius 1 is 0.667 bits per heavy atom. The van der Waals surface area contributed by atoms with Crippen molar-refractivity contribution in [2.45, 2.75) is 87.0 Å². The minimum atomic E-state index is 0.0587. The van der Waals surface area contributed by atoms with Gasteiger partial charge >= 0.3 is 0 Å². The van der Waals surface area contributed by atoms with Gasteiger partial charge in [0.1, 0.15) is 0 Å². The van der Waals surface area contributed by atoms with Gasteiger partial charge in [0.25, 0.3) is 0 Å². The lowest BCUT2D eigenvalue weighted by Crippen LogP contribution is -2.52. The highest BCUT2D eigenvalue weighted by Crippen LogP contribution is 2.40. The predicted molar refractivity (Wildman–Crippen MR) is 269 cm³/mol. The van der Waals surface area contributed by atoms with E-state index in [9.17, 15) is 9.59 Å². The molecule has 4 aliphatic carbocycles. The Bertz CT molecular complexity index is 2440. The zero-order chi connectivity index (χ0) is 46.5. The molecule has 0 unspecified atom stereocenters. The van der Waals surface area contributed by atoms with Crippen LogP contribution in [0.2, 0.25) is 0 Å². The van der Waals surface area contributed by atoms with E-state index in [1.807, 2.05) is 31.1 Å². The molecule has 4 fully saturated rings. The highest BCUT2D eigenvalue weighted by Gasteiger charge is 2.38. The van der Waals surface area contributed by atoms with Crippen molar-refractivity contribution in [3.8, 4) is 6.07 Å². The lowest BCUT2D eigenvalue weighted by Gasteiger charge is -2.41. The van der Waals surface area contributed by atoms with Gasteiger partial charge in [-0.05, 0) is 109 Å². The number of pyridine rings is 2. The number of amides is 2. The second kappa shape index (κ2) is 20.9. The quantitative estimate of drug-likeness (QED) is 0.144. The minimum absolute atomic E-state index is 0.0587. The third-order valence-electron chi connectivity index (χ3n) is 15.3. The number of thiazole rings is 2. The number of aromatic nitrogens is 4. The van der Waals surface area contributed by atoms with E-state index in [-0.39, 0.29) is 23.7 Å². The summed E-state index contributed by atoms with van der Waals surface area (Å²) in [5.74, 6) is 1.74. The summed E-state index contributed by atoms with van der Waals surface area (Å²) in [6.45, 7) is 27.1. The number of aryl methyl sites for hydroxylation is 2. The van der Waals surface area contributed by atoms with Crippen LogP contribution in [0.3, 0.4) is 0 Å². The minimum Gasteiger partial charge on any atom is -0.367 e. The van der Waals surface area contributed by atoms with Gasteiger partial charge < -0.3 is 24.1 Å². The smallest absolute Gasteiger partial charge is 0.225 e. The summed E-state index contributed by atoms with van der Waals surface area (Å²) < 4.78 is 1.28. The first-order chi connectivity index (χ1) is 31.9. The monoisotopic (exact) mass is 930 g/mol. The highest BCUT2D eigenvalue weighted by atomic mass is 32.1. The molecule has 12 nitrogen and oxygen atoms in total. The largest absolute Gasteiger partial charge is 0.367 e. The molecule has 350 valence electrons. The molecule has 2 saturated carbocycles. The molecule has 4 aromatic rings. The van der Waals surface area contributed by atoms with Gasteiger partial charge in [-0.1, -0.05) is 6.92 Å². The Morgan fingerprint density at radius 2 is 1.08 bits per heavy atom. The molecule has 14 heteroatoms. The average Bonchev–Trinajstić information content (AvgIpc) is 4.15. The second-order valence-corrected chi connectivity index (χ2v) is 21.2. The molecular formula is C52H69N10O2S2+. The van der Waals surface area contributed by atoms with Crippen LogP contribution >= 0.6 is 22.7 Å². The molecule has 2 saturated heterocycles. The molecule has 66 heavy (non-hydrogen) atoms. The molecule has 2 amide bonds. The number of hydrogen-bond acceptors (Lipinski definition) is 11. The van der Waals surface area contributed by atoms with Crippen LogP contribution in [-0.2, 0) is 22.4 Å². The summed E-state index contributed by atoms with van der Waals surface area (Å²) in [5.41, 5.74) is 11.8. The van der Waals surface area contributed by atoms with Gasteiger partial charge in [-0.25, -0.2) is 9.97 Å². The normalized spacial score (nSPS) is 22.0. The summed E-state index contributed by atoms with van der Waals surface area (Å²) in [7, 11) is 0. The van der Waals surface area contributed by atoms with Gasteiger partial charge in [-0.15, -0.1) is 22.7 Å². The number of nitriles is 1. The molecule has 6 aliphatic rings. The Balaban J connectivity index is 0.000000152. The summed E-state index contributed by atoms with van der Waals surface area (Å²) >= 11 is 3.37. The van der Waals surface area contributed by atoms with Crippen molar-refractivity contribution in [2.24, 2.45) is 23.7 Å². The van der Waals surface area contributed by atoms with E-state index < -0.39 is 0 Å². The van der Waals surface area contributed by atoms with Crippen molar-refractivity contribution in [1.82, 2.24) is 29.7 Å². The molecule has 0 radical (unpaired) electrons. The Kier molecular flexibility index (Phi) is 15.1. The Hall–Kier alpha value is -4.97. The van der Waals surface area contributed by atoms with Crippen LogP contribution < -0.4 is 9.80 Å². The van der Waals surface area contributed by atoms with Gasteiger partial charge in [-0.2, -0.15) is 5.26 Å². The van der Waals surface area contributed by atoms with Crippen LogP contribution in [-0.4, -0.2) is 125 Å². The number of allylic oxidation sites excluding steroid dienone is 2. The van der Waals surface area contributed by atoms with Crippen LogP contribution in [0.25, 0.3) is 23.3 Å². The Morgan fingerprint density at radius 3 is 1.41 bits per heavy atom. The third-order valence-corrected chi connectivity index (χ3v) is 16.8. The number of carbonyl (C=O) groups excluding carboxylic acids is 2. The Labute approximate surface area is 400 Å². The number of fused-ring (bicyclic) bond motifs is 2. The summed E-state index contributed by atoms with van der Waals surface area (Å²) in [5, 5.41) is 15.4. The molecule has 2 aliphatic heterocycles. The molecule has 0 spiro atoms. The van der Waals surface area contributed by atoms with Gasteiger partial charge in [0.15, 0.2) is 0 Å². The molecule has 6 heterocycles. The van der Waals surface area contributed by atoms with E-state index in [0.29, 0.717) is 5.91 Å². The standard InChI is InChI=1S/C22H23N5OS.C22H26N4OS.C8H20N/c1-14-25-20(13-29-14)16-10-18-19(11-16)24-3-2-21(18)26-4-6-27(7-5-26)22(28)17-8-15(9-17)12-23;1-14-9-17(10-14)22(27)26-7-5-25(6-8-26)21-3-4-23-19-12-16(11-18(19)21)20-13-28-15(2)24-20;1-5-9(6-2,7-3)8-4/h2-3,10,13,15,17H,4-9,11H2,1H3;3-4,11,13-14,17H,5-10,12H2,1-2H3;5-8H2,1-4H3/q;;+1. The van der Waals surface area contributed by atoms with Crippen LogP contribution in [0.15, 0.2) is 35.3 Å². The first-order valence-electron chi connectivity index (χ1n) is 24.5. The average molecular weight is 930 g/mol. The van der Waals surface area contributed by atoms with Crippen LogP contribution in [0, 0.1) is 48.9 Å². The zero-order valence-corrected chi connectivity index (χ0v) is 41.9. The number of hydrogen-bond donors (Lipinski definition) is 0. The lowest BCUT2D eigenvalue weighted by atomic mass is 9.75. The van der Waals surface area contributed by atoms with Gasteiger partial charge in [0, 0.05) is 129 Å². The molecule has 0 atom stereocenters. The lowest BCUT2D eigenvalue weighted by molar-refractivity contribution is -0.921. The highest BCUT2D eigenvalue weighted by molar-refractivity contribution is 7.10. The van der Waals surface area contributed by atoms with Crippen molar-refractivity contribution < 1.29 is 14.1 Å². The first-order valence-corrected chi connectivity index (χ1v) is 26.2. The number of rotatable bonds is 10. The SMILES string of the molecule is CC[N+](CC)(CC)CC.Cc1nc(C2=Cc3c(N4CCN(C(=O)C5CC(C#N)C5)CC4)ccnc3C2)cs1.Cc1nc(C2=Cc3c(N4CCN(C(=O)C5CC(C)C5)CC4)ccnc3C2)cs1. The maximum atomic E-state index is 12.6. The topological polar surface area (TPSA) is 122 Å². The zero-order valence-electron chi connectivity index (χ0n) is 40.3. The molecule has 10 rings (SSSR count). The van der Waals surface area contributed by atoms with Gasteiger partial charge in [-0.3, -0.25) is 19.6 Å². The van der Waals surface area contributed by atoms with Crippen LogP contribution in [0.1, 0.15) is 104 Å². The van der Waals surface area contributed by atoms with Gasteiger partial charge in [0.2, 0.25) is 11.8 Å². The summed E-state index contributed by atoms with van der Waals surface area (Å²) in [4.78, 5) is 52.6. The third kappa shape index (κ3) is 10.3. The number of nitrogens with zero attached hydrogens (tertiary/aromatic N) is 10. The van der Waals surface area contributed by atoms with Crippen molar-refractivity contribution in [1.29, 1.82) is 5.26 Å². The maximum absolute atomic E-state index is 12.6. The number of piperazine rings is 2. The fraction of sp³-hybridized carbons (Fsp3) is 0.558. The van der Waals surface area contributed by atoms with Crippen LogP contribution in [0.5, 0.6) is 0 Å².